The van der Waals surface area contributed by atoms with E-state index in [4.69, 9.17) is 5.11 Å². The van der Waals surface area contributed by atoms with Crippen LogP contribution < -0.4 is 5.32 Å². The van der Waals surface area contributed by atoms with Gasteiger partial charge in [0.15, 0.2) is 0 Å². The van der Waals surface area contributed by atoms with E-state index < -0.39 is 0 Å². The summed E-state index contributed by atoms with van der Waals surface area (Å²) >= 11 is 0. The van der Waals surface area contributed by atoms with Gasteiger partial charge in [-0.2, -0.15) is 0 Å². The van der Waals surface area contributed by atoms with E-state index in [0.717, 1.165) is 12.2 Å². The molecule has 0 bridgehead atoms. The Morgan fingerprint density at radius 3 is 2.94 bits per heavy atom. The van der Waals surface area contributed by atoms with Crippen LogP contribution in [0.1, 0.15) is 37.8 Å². The molecule has 0 spiro atoms. The van der Waals surface area contributed by atoms with Gasteiger partial charge >= 0.3 is 0 Å². The first kappa shape index (κ1) is 11.5. The predicted octanol–water partition coefficient (Wildman–Crippen LogP) is 0.693. The molecule has 0 radical (unpaired) electrons. The number of aromatic nitrogens is 3. The number of hydrogen-bond donors (Lipinski definition) is 2. The van der Waals surface area contributed by atoms with Crippen LogP contribution >= 0.6 is 0 Å². The van der Waals surface area contributed by atoms with Crippen LogP contribution in [0, 0.1) is 0 Å². The van der Waals surface area contributed by atoms with Gasteiger partial charge in [-0.3, -0.25) is 0 Å². The summed E-state index contributed by atoms with van der Waals surface area (Å²) in [5, 5.41) is 20.3. The van der Waals surface area contributed by atoms with Crippen molar-refractivity contribution >= 4 is 0 Å². The highest BCUT2D eigenvalue weighted by Crippen LogP contribution is 2.17. The summed E-state index contributed by atoms with van der Waals surface area (Å²) in [6.45, 7) is 1.42. The molecule has 0 saturated heterocycles. The van der Waals surface area contributed by atoms with Crippen LogP contribution in [0.25, 0.3) is 0 Å². The standard InChI is InChI=1S/C11H20N4O/c16-7-6-15-9-11(13-14-15)8-12-10-4-2-1-3-5-10/h9-10,12,16H,1-8H2. The monoisotopic (exact) mass is 224 g/mol. The molecule has 90 valence electrons. The lowest BCUT2D eigenvalue weighted by Gasteiger charge is -2.22. The fraction of sp³-hybridized carbons (Fsp3) is 0.818. The van der Waals surface area contributed by atoms with Gasteiger partial charge in [0.1, 0.15) is 0 Å². The summed E-state index contributed by atoms with van der Waals surface area (Å²) in [6, 6.07) is 0.650. The zero-order chi connectivity index (χ0) is 11.2. The number of hydrogen-bond acceptors (Lipinski definition) is 4. The minimum Gasteiger partial charge on any atom is -0.394 e. The fourth-order valence-corrected chi connectivity index (χ4v) is 2.19. The number of rotatable bonds is 5. The summed E-state index contributed by atoms with van der Waals surface area (Å²) in [6.07, 6.45) is 8.52. The molecule has 16 heavy (non-hydrogen) atoms. The lowest BCUT2D eigenvalue weighted by molar-refractivity contribution is 0.268. The topological polar surface area (TPSA) is 63.0 Å². The normalized spacial score (nSPS) is 17.8. The van der Waals surface area contributed by atoms with Crippen LogP contribution in [0.3, 0.4) is 0 Å². The highest BCUT2D eigenvalue weighted by Gasteiger charge is 2.12. The minimum absolute atomic E-state index is 0.110. The van der Waals surface area contributed by atoms with Gasteiger partial charge < -0.3 is 10.4 Å². The summed E-state index contributed by atoms with van der Waals surface area (Å²) < 4.78 is 1.68. The molecule has 2 rings (SSSR count). The third-order valence-electron chi connectivity index (χ3n) is 3.09. The Morgan fingerprint density at radius 1 is 1.38 bits per heavy atom. The molecule has 1 heterocycles. The molecule has 0 aliphatic heterocycles. The van der Waals surface area contributed by atoms with Crippen LogP contribution in [0.5, 0.6) is 0 Å². The van der Waals surface area contributed by atoms with Gasteiger partial charge in [-0.25, -0.2) is 4.68 Å². The summed E-state index contributed by atoms with van der Waals surface area (Å²) in [5.74, 6) is 0. The van der Waals surface area contributed by atoms with Gasteiger partial charge in [-0.1, -0.05) is 24.5 Å². The van der Waals surface area contributed by atoms with Crippen molar-refractivity contribution in [2.45, 2.75) is 51.2 Å². The van der Waals surface area contributed by atoms with Gasteiger partial charge in [-0.05, 0) is 12.8 Å². The largest absolute Gasteiger partial charge is 0.394 e. The van der Waals surface area contributed by atoms with Crippen molar-refractivity contribution in [1.29, 1.82) is 0 Å². The van der Waals surface area contributed by atoms with E-state index in [0.29, 0.717) is 12.6 Å². The molecule has 2 N–H and O–H groups in total. The minimum atomic E-state index is 0.110. The highest BCUT2D eigenvalue weighted by molar-refractivity contribution is 4.92. The molecule has 1 saturated carbocycles. The maximum atomic E-state index is 8.76. The van der Waals surface area contributed by atoms with Crippen LogP contribution in [0.15, 0.2) is 6.20 Å². The fourth-order valence-electron chi connectivity index (χ4n) is 2.19. The Morgan fingerprint density at radius 2 is 2.19 bits per heavy atom. The first-order chi connectivity index (χ1) is 7.88. The average molecular weight is 224 g/mol. The molecule has 5 nitrogen and oxygen atoms in total. The zero-order valence-corrected chi connectivity index (χ0v) is 9.60. The first-order valence-corrected chi connectivity index (χ1v) is 6.12. The van der Waals surface area contributed by atoms with Crippen molar-refractivity contribution in [3.05, 3.63) is 11.9 Å². The molecule has 1 aromatic rings. The zero-order valence-electron chi connectivity index (χ0n) is 9.60. The van der Waals surface area contributed by atoms with Crippen molar-refractivity contribution in [1.82, 2.24) is 20.3 Å². The van der Waals surface area contributed by atoms with E-state index in [-0.39, 0.29) is 6.61 Å². The Bertz CT molecular complexity index is 307. The molecule has 0 amide bonds. The molecule has 5 heteroatoms. The highest BCUT2D eigenvalue weighted by atomic mass is 16.3. The molecule has 0 unspecified atom stereocenters. The predicted molar refractivity (Wildman–Crippen MR) is 60.8 cm³/mol. The van der Waals surface area contributed by atoms with Gasteiger partial charge in [-0.15, -0.1) is 5.10 Å². The van der Waals surface area contributed by atoms with Crippen LogP contribution in [-0.2, 0) is 13.1 Å². The molecule has 1 aromatic heterocycles. The molecule has 0 atom stereocenters. The maximum Gasteiger partial charge on any atom is 0.0964 e. The Labute approximate surface area is 95.8 Å². The van der Waals surface area contributed by atoms with Crippen molar-refractivity contribution < 1.29 is 5.11 Å². The smallest absolute Gasteiger partial charge is 0.0964 e. The van der Waals surface area contributed by atoms with Gasteiger partial charge in [0.05, 0.1) is 18.8 Å². The molecular weight excluding hydrogens is 204 g/mol. The van der Waals surface area contributed by atoms with E-state index in [1.807, 2.05) is 6.20 Å². The van der Waals surface area contributed by atoms with Gasteiger partial charge in [0.25, 0.3) is 0 Å². The molecular formula is C11H20N4O. The van der Waals surface area contributed by atoms with E-state index in [1.54, 1.807) is 4.68 Å². The van der Waals surface area contributed by atoms with E-state index in [9.17, 15) is 0 Å². The van der Waals surface area contributed by atoms with E-state index in [1.165, 1.54) is 32.1 Å². The van der Waals surface area contributed by atoms with Gasteiger partial charge in [0, 0.05) is 18.8 Å². The average Bonchev–Trinajstić information content (AvgIpc) is 2.76. The quantitative estimate of drug-likeness (QED) is 0.772. The summed E-state index contributed by atoms with van der Waals surface area (Å²) in [4.78, 5) is 0. The van der Waals surface area contributed by atoms with Crippen LogP contribution in [0.4, 0.5) is 0 Å². The van der Waals surface area contributed by atoms with Crippen LogP contribution in [-0.4, -0.2) is 32.7 Å². The second kappa shape index (κ2) is 5.96. The van der Waals surface area contributed by atoms with Crippen molar-refractivity contribution in [2.24, 2.45) is 0 Å². The molecule has 1 aliphatic carbocycles. The van der Waals surface area contributed by atoms with E-state index in [2.05, 4.69) is 15.6 Å². The van der Waals surface area contributed by atoms with Gasteiger partial charge in [0.2, 0.25) is 0 Å². The number of aliphatic hydroxyl groups is 1. The third kappa shape index (κ3) is 3.28. The van der Waals surface area contributed by atoms with Crippen molar-refractivity contribution in [3.63, 3.8) is 0 Å². The van der Waals surface area contributed by atoms with E-state index >= 15 is 0 Å². The second-order valence-electron chi connectivity index (χ2n) is 4.41. The second-order valence-corrected chi connectivity index (χ2v) is 4.41. The Hall–Kier alpha value is -0.940. The number of nitrogens with one attached hydrogen (secondary N) is 1. The summed E-state index contributed by atoms with van der Waals surface area (Å²) in [5.41, 5.74) is 0.957. The lowest BCUT2D eigenvalue weighted by atomic mass is 9.95. The van der Waals surface area contributed by atoms with Crippen molar-refractivity contribution in [2.75, 3.05) is 6.61 Å². The third-order valence-corrected chi connectivity index (χ3v) is 3.09. The molecule has 1 aliphatic rings. The number of nitrogens with zero attached hydrogens (tertiary/aromatic N) is 3. The maximum absolute atomic E-state index is 8.76. The molecule has 0 aromatic carbocycles. The lowest BCUT2D eigenvalue weighted by Crippen LogP contribution is -2.30. The SMILES string of the molecule is OCCn1cc(CNC2CCCCC2)nn1. The van der Waals surface area contributed by atoms with Crippen LogP contribution in [0.2, 0.25) is 0 Å². The molecule has 1 fully saturated rings. The Kier molecular flexibility index (Phi) is 4.30. The number of aliphatic hydroxyl groups excluding tert-OH is 1. The van der Waals surface area contributed by atoms with Crippen molar-refractivity contribution in [3.8, 4) is 0 Å². The summed E-state index contributed by atoms with van der Waals surface area (Å²) in [7, 11) is 0. The first-order valence-electron chi connectivity index (χ1n) is 6.12. The Balaban J connectivity index is 1.75.